The van der Waals surface area contributed by atoms with Crippen molar-refractivity contribution in [2.24, 2.45) is 0 Å². The van der Waals surface area contributed by atoms with E-state index in [1.165, 1.54) is 23.8 Å². The van der Waals surface area contributed by atoms with Gasteiger partial charge in [0.2, 0.25) is 5.91 Å². The van der Waals surface area contributed by atoms with Crippen molar-refractivity contribution in [1.82, 2.24) is 4.90 Å². The Labute approximate surface area is 128 Å². The maximum Gasteiger partial charge on any atom is 0.325 e. The van der Waals surface area contributed by atoms with Crippen molar-refractivity contribution in [1.29, 1.82) is 0 Å². The Hall–Kier alpha value is -1.20. The summed E-state index contributed by atoms with van der Waals surface area (Å²) in [5.74, 6) is 0.164. The highest BCUT2D eigenvalue weighted by atomic mass is 35.5. The number of rotatable bonds is 7. The minimum atomic E-state index is -0.404. The molecule has 0 saturated carbocycles. The van der Waals surface area contributed by atoms with Crippen LogP contribution in [0.5, 0.6) is 0 Å². The van der Waals surface area contributed by atoms with Gasteiger partial charge in [0, 0.05) is 23.6 Å². The van der Waals surface area contributed by atoms with E-state index in [0.29, 0.717) is 23.7 Å². The third kappa shape index (κ3) is 5.43. The van der Waals surface area contributed by atoms with Crippen molar-refractivity contribution in [3.8, 4) is 0 Å². The number of carbonyl (C=O) groups is 2. The van der Waals surface area contributed by atoms with Crippen LogP contribution in [-0.2, 0) is 14.3 Å². The van der Waals surface area contributed by atoms with Gasteiger partial charge in [-0.25, -0.2) is 0 Å². The summed E-state index contributed by atoms with van der Waals surface area (Å²) in [4.78, 5) is 25.6. The SMILES string of the molecule is CCN(CC(=O)OC)C(=O)CCSc1ccccc1Cl. The van der Waals surface area contributed by atoms with E-state index in [0.717, 1.165) is 4.90 Å². The van der Waals surface area contributed by atoms with Crippen LogP contribution < -0.4 is 0 Å². The summed E-state index contributed by atoms with van der Waals surface area (Å²) in [6.07, 6.45) is 0.362. The number of benzene rings is 1. The summed E-state index contributed by atoms with van der Waals surface area (Å²) < 4.78 is 4.57. The largest absolute Gasteiger partial charge is 0.468 e. The number of methoxy groups -OCH3 is 1. The fourth-order valence-corrected chi connectivity index (χ4v) is 2.74. The number of nitrogens with zero attached hydrogens (tertiary/aromatic N) is 1. The van der Waals surface area contributed by atoms with Gasteiger partial charge < -0.3 is 9.64 Å². The van der Waals surface area contributed by atoms with E-state index < -0.39 is 5.97 Å². The van der Waals surface area contributed by atoms with Crippen LogP contribution in [0.3, 0.4) is 0 Å². The Morgan fingerprint density at radius 1 is 1.35 bits per heavy atom. The van der Waals surface area contributed by atoms with E-state index in [1.54, 1.807) is 0 Å². The fourth-order valence-electron chi connectivity index (χ4n) is 1.56. The minimum Gasteiger partial charge on any atom is -0.468 e. The molecule has 1 aromatic rings. The molecule has 4 nitrogen and oxygen atoms in total. The van der Waals surface area contributed by atoms with Gasteiger partial charge >= 0.3 is 5.97 Å². The first-order chi connectivity index (χ1) is 9.58. The number of halogens is 1. The molecule has 0 aliphatic heterocycles. The fraction of sp³-hybridized carbons (Fsp3) is 0.429. The van der Waals surface area contributed by atoms with E-state index >= 15 is 0 Å². The first-order valence-corrected chi connectivity index (χ1v) is 7.66. The average Bonchev–Trinajstić information content (AvgIpc) is 2.46. The first-order valence-electron chi connectivity index (χ1n) is 6.30. The van der Waals surface area contributed by atoms with Crippen molar-refractivity contribution in [3.05, 3.63) is 29.3 Å². The zero-order chi connectivity index (χ0) is 15.0. The Kier molecular flexibility index (Phi) is 7.47. The highest BCUT2D eigenvalue weighted by molar-refractivity contribution is 7.99. The lowest BCUT2D eigenvalue weighted by Gasteiger charge is -2.19. The molecule has 0 bridgehead atoms. The molecule has 20 heavy (non-hydrogen) atoms. The lowest BCUT2D eigenvalue weighted by Crippen LogP contribution is -2.36. The summed E-state index contributed by atoms with van der Waals surface area (Å²) >= 11 is 7.57. The number of ether oxygens (including phenoxy) is 1. The van der Waals surface area contributed by atoms with Crippen molar-refractivity contribution in [2.75, 3.05) is 26.0 Å². The highest BCUT2D eigenvalue weighted by Gasteiger charge is 2.15. The number of thioether (sulfide) groups is 1. The number of likely N-dealkylation sites (N-methyl/N-ethyl adjacent to an activating group) is 1. The predicted octanol–water partition coefficient (Wildman–Crippen LogP) is 2.84. The molecule has 0 aromatic heterocycles. The molecule has 1 rings (SSSR count). The van der Waals surface area contributed by atoms with Crippen LogP contribution in [0.15, 0.2) is 29.2 Å². The molecular formula is C14H18ClNO3S. The number of esters is 1. The first kappa shape index (κ1) is 16.9. The van der Waals surface area contributed by atoms with Gasteiger partial charge in [-0.2, -0.15) is 0 Å². The molecule has 0 aliphatic carbocycles. The summed E-state index contributed by atoms with van der Waals surface area (Å²) in [6.45, 7) is 2.33. The van der Waals surface area contributed by atoms with Gasteiger partial charge in [-0.1, -0.05) is 23.7 Å². The van der Waals surface area contributed by atoms with Crippen molar-refractivity contribution in [3.63, 3.8) is 0 Å². The summed E-state index contributed by atoms with van der Waals surface area (Å²) in [5, 5.41) is 0.687. The Balaban J connectivity index is 2.42. The van der Waals surface area contributed by atoms with Crippen LogP contribution in [0.1, 0.15) is 13.3 Å². The monoisotopic (exact) mass is 315 g/mol. The van der Waals surface area contributed by atoms with Crippen LogP contribution in [0.2, 0.25) is 5.02 Å². The topological polar surface area (TPSA) is 46.6 Å². The molecule has 0 fully saturated rings. The molecule has 6 heteroatoms. The zero-order valence-electron chi connectivity index (χ0n) is 11.6. The molecule has 0 unspecified atom stereocenters. The minimum absolute atomic E-state index is 0.00257. The molecule has 0 radical (unpaired) electrons. The summed E-state index contributed by atoms with van der Waals surface area (Å²) in [5.41, 5.74) is 0. The second kappa shape index (κ2) is 8.87. The van der Waals surface area contributed by atoms with Crippen LogP contribution in [0.25, 0.3) is 0 Å². The quantitative estimate of drug-likeness (QED) is 0.573. The second-order valence-corrected chi connectivity index (χ2v) is 5.56. The Bertz CT molecular complexity index is 467. The van der Waals surface area contributed by atoms with Crippen molar-refractivity contribution < 1.29 is 14.3 Å². The summed E-state index contributed by atoms with van der Waals surface area (Å²) in [7, 11) is 1.31. The highest BCUT2D eigenvalue weighted by Crippen LogP contribution is 2.27. The Morgan fingerprint density at radius 3 is 2.65 bits per heavy atom. The maximum absolute atomic E-state index is 12.0. The molecule has 0 N–H and O–H groups in total. The number of hydrogen-bond acceptors (Lipinski definition) is 4. The van der Waals surface area contributed by atoms with Crippen molar-refractivity contribution in [2.45, 2.75) is 18.2 Å². The number of amides is 1. The van der Waals surface area contributed by atoms with E-state index in [1.807, 2.05) is 31.2 Å². The van der Waals surface area contributed by atoms with Gasteiger partial charge in [0.1, 0.15) is 6.54 Å². The molecule has 1 amide bonds. The van der Waals surface area contributed by atoms with Crippen LogP contribution in [0, 0.1) is 0 Å². The van der Waals surface area contributed by atoms with E-state index in [4.69, 9.17) is 11.6 Å². The average molecular weight is 316 g/mol. The molecule has 1 aromatic carbocycles. The van der Waals surface area contributed by atoms with Gasteiger partial charge in [0.25, 0.3) is 0 Å². The maximum atomic E-state index is 12.0. The van der Waals surface area contributed by atoms with Gasteiger partial charge in [0.05, 0.1) is 12.1 Å². The lowest BCUT2D eigenvalue weighted by molar-refractivity contribution is -0.146. The van der Waals surface area contributed by atoms with Crippen molar-refractivity contribution >= 4 is 35.2 Å². The van der Waals surface area contributed by atoms with Crippen LogP contribution >= 0.6 is 23.4 Å². The van der Waals surface area contributed by atoms with E-state index in [9.17, 15) is 9.59 Å². The second-order valence-electron chi connectivity index (χ2n) is 4.01. The molecule has 110 valence electrons. The molecule has 0 spiro atoms. The number of carbonyl (C=O) groups excluding carboxylic acids is 2. The molecule has 0 saturated heterocycles. The smallest absolute Gasteiger partial charge is 0.325 e. The predicted molar refractivity (Wildman–Crippen MR) is 81.1 cm³/mol. The molecule has 0 heterocycles. The normalized spacial score (nSPS) is 10.2. The number of hydrogen-bond donors (Lipinski definition) is 0. The lowest BCUT2D eigenvalue weighted by atomic mass is 10.3. The Morgan fingerprint density at radius 2 is 2.05 bits per heavy atom. The molecule has 0 aliphatic rings. The van der Waals surface area contributed by atoms with E-state index in [2.05, 4.69) is 4.74 Å². The third-order valence-corrected chi connectivity index (χ3v) is 4.21. The van der Waals surface area contributed by atoms with Gasteiger partial charge in [-0.3, -0.25) is 9.59 Å². The zero-order valence-corrected chi connectivity index (χ0v) is 13.2. The van der Waals surface area contributed by atoms with Gasteiger partial charge in [0.15, 0.2) is 0 Å². The molecular weight excluding hydrogens is 298 g/mol. The van der Waals surface area contributed by atoms with Crippen LogP contribution in [0.4, 0.5) is 0 Å². The standard InChI is InChI=1S/C14H18ClNO3S/c1-3-16(10-14(18)19-2)13(17)8-9-20-12-7-5-4-6-11(12)15/h4-7H,3,8-10H2,1-2H3. The third-order valence-electron chi connectivity index (χ3n) is 2.69. The molecule has 0 atom stereocenters. The summed E-state index contributed by atoms with van der Waals surface area (Å²) in [6, 6.07) is 7.52. The van der Waals surface area contributed by atoms with E-state index in [-0.39, 0.29) is 12.5 Å². The van der Waals surface area contributed by atoms with Gasteiger partial charge in [-0.15, -0.1) is 11.8 Å². The van der Waals surface area contributed by atoms with Crippen LogP contribution in [-0.4, -0.2) is 42.7 Å². The van der Waals surface area contributed by atoms with Gasteiger partial charge in [-0.05, 0) is 19.1 Å².